The van der Waals surface area contributed by atoms with Crippen molar-refractivity contribution in [2.24, 2.45) is 0 Å². The molecule has 1 amide bonds. The summed E-state index contributed by atoms with van der Waals surface area (Å²) >= 11 is 0. The molecule has 0 unspecified atom stereocenters. The molecule has 0 spiro atoms. The molecule has 0 radical (unpaired) electrons. The molecule has 0 saturated carbocycles. The number of imidazole rings is 1. The number of para-hydroxylation sites is 2. The molecular formula is C19H27N7O3S. The Morgan fingerprint density at radius 2 is 2.13 bits per heavy atom. The van der Waals surface area contributed by atoms with Gasteiger partial charge in [0.25, 0.3) is 5.91 Å². The Balaban J connectivity index is 0.00000181. The molecule has 0 atom stereocenters. The largest absolute Gasteiger partial charge is 0.382 e. The zero-order chi connectivity index (χ0) is 21.3. The van der Waals surface area contributed by atoms with Crippen LogP contribution < -0.4 is 11.1 Å². The van der Waals surface area contributed by atoms with Gasteiger partial charge in [0.1, 0.15) is 0 Å². The number of carbonyl (C=O) groups excluding carboxylic acids is 1. The third-order valence-electron chi connectivity index (χ3n) is 4.90. The van der Waals surface area contributed by atoms with E-state index in [-0.39, 0.29) is 34.0 Å². The predicted molar refractivity (Wildman–Crippen MR) is 120 cm³/mol. The van der Waals surface area contributed by atoms with E-state index in [1.165, 1.54) is 10.5 Å². The van der Waals surface area contributed by atoms with E-state index in [0.29, 0.717) is 18.7 Å². The van der Waals surface area contributed by atoms with E-state index in [1.54, 1.807) is 13.0 Å². The van der Waals surface area contributed by atoms with Crippen molar-refractivity contribution >= 4 is 44.3 Å². The summed E-state index contributed by atoms with van der Waals surface area (Å²) in [5.41, 5.74) is 8.69. The fraction of sp³-hybridized carbons (Fsp3) is 0.263. The van der Waals surface area contributed by atoms with Crippen LogP contribution in [0, 0.1) is 0 Å². The third-order valence-corrected chi connectivity index (χ3v) is 6.74. The molecule has 10 nitrogen and oxygen atoms in total. The fourth-order valence-electron chi connectivity index (χ4n) is 3.22. The second kappa shape index (κ2) is 7.84. The number of nitrogen functional groups attached to an aromatic ring is 1. The third kappa shape index (κ3) is 3.89. The van der Waals surface area contributed by atoms with Gasteiger partial charge in [-0.3, -0.25) is 10.1 Å². The average molecular weight is 434 g/mol. The van der Waals surface area contributed by atoms with Crippen LogP contribution in [0.25, 0.3) is 16.6 Å². The van der Waals surface area contributed by atoms with Crippen LogP contribution in [0.1, 0.15) is 33.8 Å². The maximum Gasteiger partial charge on any atom is 0.280 e. The summed E-state index contributed by atoms with van der Waals surface area (Å²) in [5, 5.41) is 2.66. The van der Waals surface area contributed by atoms with Crippen LogP contribution in [0.4, 0.5) is 11.8 Å². The summed E-state index contributed by atoms with van der Waals surface area (Å²) < 4.78 is 25.5. The number of aromatic amines is 1. The van der Waals surface area contributed by atoms with Crippen LogP contribution in [-0.2, 0) is 10.0 Å². The van der Waals surface area contributed by atoms with Crippen LogP contribution in [0.15, 0.2) is 36.5 Å². The van der Waals surface area contributed by atoms with Crippen molar-refractivity contribution in [2.75, 3.05) is 29.9 Å². The van der Waals surface area contributed by atoms with Crippen molar-refractivity contribution in [1.29, 1.82) is 0 Å². The minimum atomic E-state index is -3.24. The summed E-state index contributed by atoms with van der Waals surface area (Å²) in [6.07, 6.45) is 3.75. The Labute approximate surface area is 177 Å². The second-order valence-corrected chi connectivity index (χ2v) is 9.04. The average Bonchev–Trinajstić information content (AvgIpc) is 3.16. The normalized spacial score (nSPS) is 15.2. The van der Waals surface area contributed by atoms with Gasteiger partial charge in [0.15, 0.2) is 11.5 Å². The SMILES string of the molecule is CCS(=O)(=O)N1CC=C(c2cnc(N)c(C(=O)Nc3nc4ccccc4[nH]3)n2)CC1.[HH].[HH].[HH]. The van der Waals surface area contributed by atoms with Gasteiger partial charge in [-0.05, 0) is 31.1 Å². The summed E-state index contributed by atoms with van der Waals surface area (Å²) in [7, 11) is -3.24. The molecule has 162 valence electrons. The Morgan fingerprint density at radius 3 is 2.83 bits per heavy atom. The molecule has 1 aromatic carbocycles. The standard InChI is InChI=1S/C19H21N7O3S.3H2/c1-2-30(28,29)26-9-7-12(8-10-26)15-11-21-17(20)16(22-15)18(27)25-19-23-13-5-3-4-6-14(13)24-19;;;/h3-7,11H,2,8-10H2,1H3,(H2,20,21)(H2,23,24,25,27);3*1H. The van der Waals surface area contributed by atoms with Gasteiger partial charge in [0, 0.05) is 17.4 Å². The lowest BCUT2D eigenvalue weighted by Crippen LogP contribution is -2.35. The van der Waals surface area contributed by atoms with Crippen molar-refractivity contribution in [3.8, 4) is 0 Å². The maximum absolute atomic E-state index is 12.7. The minimum absolute atomic E-state index is 0. The van der Waals surface area contributed by atoms with Crippen LogP contribution in [0.3, 0.4) is 0 Å². The van der Waals surface area contributed by atoms with Crippen LogP contribution in [0.5, 0.6) is 0 Å². The van der Waals surface area contributed by atoms with Gasteiger partial charge in [-0.2, -0.15) is 4.31 Å². The zero-order valence-corrected chi connectivity index (χ0v) is 17.1. The van der Waals surface area contributed by atoms with Gasteiger partial charge >= 0.3 is 0 Å². The highest BCUT2D eigenvalue weighted by Gasteiger charge is 2.24. The lowest BCUT2D eigenvalue weighted by molar-refractivity contribution is 0.102. The van der Waals surface area contributed by atoms with Crippen molar-refractivity contribution in [3.63, 3.8) is 0 Å². The van der Waals surface area contributed by atoms with Gasteiger partial charge in [0.2, 0.25) is 16.0 Å². The maximum atomic E-state index is 12.7. The lowest BCUT2D eigenvalue weighted by Gasteiger charge is -2.25. The first kappa shape index (κ1) is 20.0. The number of hydrogen-bond donors (Lipinski definition) is 3. The molecule has 0 fully saturated rings. The molecule has 11 heteroatoms. The first-order valence-corrected chi connectivity index (χ1v) is 11.0. The van der Waals surface area contributed by atoms with E-state index in [9.17, 15) is 13.2 Å². The zero-order valence-electron chi connectivity index (χ0n) is 16.3. The lowest BCUT2D eigenvalue weighted by atomic mass is 10.1. The quantitative estimate of drug-likeness (QED) is 0.559. The number of fused-ring (bicyclic) bond motifs is 1. The number of nitrogens with one attached hydrogen (secondary N) is 2. The molecule has 3 heterocycles. The number of aromatic nitrogens is 4. The van der Waals surface area contributed by atoms with Gasteiger partial charge in [-0.1, -0.05) is 18.2 Å². The predicted octanol–water partition coefficient (Wildman–Crippen LogP) is 2.36. The molecule has 30 heavy (non-hydrogen) atoms. The molecule has 4 N–H and O–H groups in total. The molecule has 1 aliphatic rings. The molecule has 2 aromatic heterocycles. The molecular weight excluding hydrogens is 406 g/mol. The van der Waals surface area contributed by atoms with Gasteiger partial charge < -0.3 is 10.7 Å². The van der Waals surface area contributed by atoms with Crippen molar-refractivity contribution in [1.82, 2.24) is 24.2 Å². The molecule has 0 saturated heterocycles. The highest BCUT2D eigenvalue weighted by atomic mass is 32.2. The smallest absolute Gasteiger partial charge is 0.280 e. The number of nitrogens with zero attached hydrogens (tertiary/aromatic N) is 4. The monoisotopic (exact) mass is 433 g/mol. The van der Waals surface area contributed by atoms with Crippen LogP contribution in [0.2, 0.25) is 0 Å². The second-order valence-electron chi connectivity index (χ2n) is 6.78. The Morgan fingerprint density at radius 1 is 1.33 bits per heavy atom. The summed E-state index contributed by atoms with van der Waals surface area (Å²) in [6.45, 7) is 2.24. The highest BCUT2D eigenvalue weighted by molar-refractivity contribution is 7.89. The highest BCUT2D eigenvalue weighted by Crippen LogP contribution is 2.23. The van der Waals surface area contributed by atoms with Gasteiger partial charge in [0.05, 0.1) is 28.7 Å². The summed E-state index contributed by atoms with van der Waals surface area (Å²) in [5.74, 6) is -0.194. The van der Waals surface area contributed by atoms with Crippen LogP contribution in [-0.4, -0.2) is 57.4 Å². The number of carbonyl (C=O) groups is 1. The number of hydrogen-bond acceptors (Lipinski definition) is 7. The number of sulfonamides is 1. The minimum Gasteiger partial charge on any atom is -0.382 e. The summed E-state index contributed by atoms with van der Waals surface area (Å²) in [6, 6.07) is 7.40. The van der Waals surface area contributed by atoms with Crippen LogP contribution >= 0.6 is 0 Å². The molecule has 4 rings (SSSR count). The Kier molecular flexibility index (Phi) is 5.22. The Hall–Kier alpha value is -3.31. The molecule has 0 bridgehead atoms. The summed E-state index contributed by atoms with van der Waals surface area (Å²) in [4.78, 5) is 28.5. The van der Waals surface area contributed by atoms with E-state index in [0.717, 1.165) is 16.6 Å². The van der Waals surface area contributed by atoms with E-state index >= 15 is 0 Å². The molecule has 1 aliphatic heterocycles. The first-order chi connectivity index (χ1) is 14.4. The number of H-pyrrole nitrogens is 1. The van der Waals surface area contributed by atoms with Crippen molar-refractivity contribution in [3.05, 3.63) is 47.9 Å². The number of nitrogens with two attached hydrogens (primary N) is 1. The topological polar surface area (TPSA) is 147 Å². The van der Waals surface area contributed by atoms with Crippen molar-refractivity contribution in [2.45, 2.75) is 13.3 Å². The van der Waals surface area contributed by atoms with E-state index < -0.39 is 15.9 Å². The van der Waals surface area contributed by atoms with Gasteiger partial charge in [-0.15, -0.1) is 0 Å². The fourth-order valence-corrected chi connectivity index (χ4v) is 4.25. The first-order valence-electron chi connectivity index (χ1n) is 9.43. The number of rotatable bonds is 5. The van der Waals surface area contributed by atoms with Gasteiger partial charge in [-0.25, -0.2) is 23.4 Å². The van der Waals surface area contributed by atoms with E-state index in [4.69, 9.17) is 5.73 Å². The number of amides is 1. The van der Waals surface area contributed by atoms with Crippen molar-refractivity contribution < 1.29 is 17.5 Å². The molecule has 3 aromatic rings. The molecule has 0 aliphatic carbocycles. The van der Waals surface area contributed by atoms with E-state index in [1.807, 2.05) is 24.3 Å². The number of benzene rings is 1. The van der Waals surface area contributed by atoms with E-state index in [2.05, 4.69) is 25.3 Å². The Bertz CT molecular complexity index is 1230. The number of anilines is 2.